The number of hydrogen-bond donors (Lipinski definition) is 1. The van der Waals surface area contributed by atoms with Crippen LogP contribution in [0.25, 0.3) is 11.0 Å². The molecule has 3 heterocycles. The minimum Gasteiger partial charge on any atom is -0.325 e. The van der Waals surface area contributed by atoms with Gasteiger partial charge < -0.3 is 10.2 Å². The molecular formula is C21H21N5O4. The summed E-state index contributed by atoms with van der Waals surface area (Å²) in [6, 6.07) is 9.06. The summed E-state index contributed by atoms with van der Waals surface area (Å²) in [5.74, 6) is -1.04. The SMILES string of the molecule is Cc1ccc(N2CC(C(=O)Nc3ccnc4c3c(=O)n(C)c(=O)n4C)CC2=O)cc1. The Labute approximate surface area is 171 Å². The van der Waals surface area contributed by atoms with Gasteiger partial charge >= 0.3 is 5.69 Å². The van der Waals surface area contributed by atoms with E-state index < -0.39 is 17.2 Å². The molecule has 0 spiro atoms. The Morgan fingerprint density at radius 3 is 2.47 bits per heavy atom. The lowest BCUT2D eigenvalue weighted by Gasteiger charge is -2.17. The van der Waals surface area contributed by atoms with Gasteiger partial charge in [-0.05, 0) is 25.1 Å². The van der Waals surface area contributed by atoms with Gasteiger partial charge in [0.2, 0.25) is 11.8 Å². The molecule has 1 N–H and O–H groups in total. The Morgan fingerprint density at radius 2 is 1.77 bits per heavy atom. The standard InChI is InChI=1S/C21H21N5O4/c1-12-4-6-14(7-5-12)26-11-13(10-16(26)27)19(28)23-15-8-9-22-18-17(15)20(29)25(3)21(30)24(18)2/h4-9,13H,10-11H2,1-3H3,(H,22,23,28). The molecule has 30 heavy (non-hydrogen) atoms. The molecule has 1 unspecified atom stereocenters. The number of aryl methyl sites for hydroxylation is 2. The molecule has 9 heteroatoms. The number of amides is 2. The highest BCUT2D eigenvalue weighted by molar-refractivity contribution is 6.06. The maximum Gasteiger partial charge on any atom is 0.332 e. The molecule has 1 atom stereocenters. The predicted octanol–water partition coefficient (Wildman–Crippen LogP) is 0.932. The highest BCUT2D eigenvalue weighted by Crippen LogP contribution is 2.27. The first-order chi connectivity index (χ1) is 14.3. The van der Waals surface area contributed by atoms with Crippen LogP contribution in [0.5, 0.6) is 0 Å². The van der Waals surface area contributed by atoms with Crippen LogP contribution in [0.1, 0.15) is 12.0 Å². The van der Waals surface area contributed by atoms with Gasteiger partial charge in [-0.3, -0.25) is 23.5 Å². The van der Waals surface area contributed by atoms with E-state index in [0.717, 1.165) is 15.8 Å². The minimum absolute atomic E-state index is 0.0826. The Kier molecular flexibility index (Phi) is 4.73. The number of nitrogens with one attached hydrogen (secondary N) is 1. The van der Waals surface area contributed by atoms with E-state index in [1.807, 2.05) is 31.2 Å². The molecule has 1 saturated heterocycles. The van der Waals surface area contributed by atoms with Gasteiger partial charge in [-0.1, -0.05) is 17.7 Å². The van der Waals surface area contributed by atoms with E-state index in [9.17, 15) is 19.2 Å². The van der Waals surface area contributed by atoms with Gasteiger partial charge in [0.1, 0.15) is 5.39 Å². The summed E-state index contributed by atoms with van der Waals surface area (Å²) in [7, 11) is 2.88. The average molecular weight is 407 g/mol. The van der Waals surface area contributed by atoms with Crippen molar-refractivity contribution in [1.82, 2.24) is 14.1 Å². The first-order valence-electron chi connectivity index (χ1n) is 9.50. The number of rotatable bonds is 3. The molecule has 1 aromatic carbocycles. The van der Waals surface area contributed by atoms with Crippen LogP contribution in [-0.2, 0) is 23.7 Å². The number of fused-ring (bicyclic) bond motifs is 1. The Hall–Kier alpha value is -3.75. The molecule has 3 aromatic rings. The number of benzene rings is 1. The second kappa shape index (κ2) is 7.25. The lowest BCUT2D eigenvalue weighted by molar-refractivity contribution is -0.122. The van der Waals surface area contributed by atoms with E-state index in [1.165, 1.54) is 30.9 Å². The van der Waals surface area contributed by atoms with Crippen molar-refractivity contribution in [3.8, 4) is 0 Å². The highest BCUT2D eigenvalue weighted by Gasteiger charge is 2.35. The van der Waals surface area contributed by atoms with Gasteiger partial charge in [-0.2, -0.15) is 0 Å². The van der Waals surface area contributed by atoms with Crippen LogP contribution in [-0.4, -0.2) is 32.5 Å². The van der Waals surface area contributed by atoms with Crippen LogP contribution in [0.4, 0.5) is 11.4 Å². The molecule has 154 valence electrons. The second-order valence-electron chi connectivity index (χ2n) is 7.49. The molecule has 0 saturated carbocycles. The fraction of sp³-hybridized carbons (Fsp3) is 0.286. The summed E-state index contributed by atoms with van der Waals surface area (Å²) in [5.41, 5.74) is 1.24. The van der Waals surface area contributed by atoms with Crippen molar-refractivity contribution in [2.75, 3.05) is 16.8 Å². The number of pyridine rings is 1. The molecule has 9 nitrogen and oxygen atoms in total. The Bertz CT molecular complexity index is 1290. The summed E-state index contributed by atoms with van der Waals surface area (Å²) in [6.07, 6.45) is 1.51. The van der Waals surface area contributed by atoms with Gasteiger partial charge in [0.05, 0.1) is 11.6 Å². The Morgan fingerprint density at radius 1 is 1.07 bits per heavy atom. The third-order valence-electron chi connectivity index (χ3n) is 5.44. The lowest BCUT2D eigenvalue weighted by atomic mass is 10.1. The molecule has 1 fully saturated rings. The molecule has 0 aliphatic carbocycles. The molecule has 1 aliphatic rings. The molecule has 4 rings (SSSR count). The van der Waals surface area contributed by atoms with Crippen LogP contribution < -0.4 is 21.5 Å². The molecule has 1 aliphatic heterocycles. The van der Waals surface area contributed by atoms with Gasteiger partial charge in [-0.25, -0.2) is 9.78 Å². The van der Waals surface area contributed by atoms with Crippen LogP contribution >= 0.6 is 0 Å². The summed E-state index contributed by atoms with van der Waals surface area (Å²) in [4.78, 5) is 55.8. The van der Waals surface area contributed by atoms with Crippen molar-refractivity contribution in [3.05, 3.63) is 62.9 Å². The molecule has 2 aromatic heterocycles. The first kappa shape index (κ1) is 19.6. The van der Waals surface area contributed by atoms with Crippen LogP contribution in [0, 0.1) is 12.8 Å². The molecule has 0 radical (unpaired) electrons. The third-order valence-corrected chi connectivity index (χ3v) is 5.44. The summed E-state index contributed by atoms with van der Waals surface area (Å²) in [5, 5.41) is 2.91. The molecule has 2 amide bonds. The largest absolute Gasteiger partial charge is 0.332 e. The van der Waals surface area contributed by atoms with Crippen molar-refractivity contribution < 1.29 is 9.59 Å². The summed E-state index contributed by atoms with van der Waals surface area (Å²) >= 11 is 0. The van der Waals surface area contributed by atoms with Crippen LogP contribution in [0.2, 0.25) is 0 Å². The maximum atomic E-state index is 12.9. The van der Waals surface area contributed by atoms with Gasteiger partial charge in [0.15, 0.2) is 5.65 Å². The van der Waals surface area contributed by atoms with Crippen molar-refractivity contribution in [2.45, 2.75) is 13.3 Å². The number of carbonyl (C=O) groups is 2. The molecule has 0 bridgehead atoms. The second-order valence-corrected chi connectivity index (χ2v) is 7.49. The number of aromatic nitrogens is 3. The fourth-order valence-electron chi connectivity index (χ4n) is 3.68. The smallest absolute Gasteiger partial charge is 0.325 e. The van der Waals surface area contributed by atoms with Crippen molar-refractivity contribution in [3.63, 3.8) is 0 Å². The van der Waals surface area contributed by atoms with E-state index in [2.05, 4.69) is 10.3 Å². The molecular weight excluding hydrogens is 386 g/mol. The zero-order valence-corrected chi connectivity index (χ0v) is 16.9. The number of hydrogen-bond acceptors (Lipinski definition) is 5. The van der Waals surface area contributed by atoms with Crippen molar-refractivity contribution >= 4 is 34.2 Å². The lowest BCUT2D eigenvalue weighted by Crippen LogP contribution is -2.38. The fourth-order valence-corrected chi connectivity index (χ4v) is 3.68. The average Bonchev–Trinajstić information content (AvgIpc) is 3.13. The zero-order valence-electron chi connectivity index (χ0n) is 16.9. The van der Waals surface area contributed by atoms with E-state index in [1.54, 1.807) is 4.90 Å². The highest BCUT2D eigenvalue weighted by atomic mass is 16.2. The third kappa shape index (κ3) is 3.18. The van der Waals surface area contributed by atoms with E-state index in [4.69, 9.17) is 0 Å². The van der Waals surface area contributed by atoms with Gasteiger partial charge in [0, 0.05) is 38.9 Å². The topological polar surface area (TPSA) is 106 Å². The first-order valence-corrected chi connectivity index (χ1v) is 9.50. The monoisotopic (exact) mass is 407 g/mol. The van der Waals surface area contributed by atoms with Crippen LogP contribution in [0.15, 0.2) is 46.1 Å². The number of anilines is 2. The van der Waals surface area contributed by atoms with Crippen molar-refractivity contribution in [2.24, 2.45) is 20.0 Å². The van der Waals surface area contributed by atoms with E-state index in [0.29, 0.717) is 0 Å². The van der Waals surface area contributed by atoms with E-state index in [-0.39, 0.29) is 41.5 Å². The summed E-state index contributed by atoms with van der Waals surface area (Å²) in [6.45, 7) is 2.22. The normalized spacial score (nSPS) is 16.3. The van der Waals surface area contributed by atoms with E-state index >= 15 is 0 Å². The van der Waals surface area contributed by atoms with Crippen LogP contribution in [0.3, 0.4) is 0 Å². The maximum absolute atomic E-state index is 12.9. The van der Waals surface area contributed by atoms with Crippen molar-refractivity contribution in [1.29, 1.82) is 0 Å². The zero-order chi connectivity index (χ0) is 21.6. The Balaban J connectivity index is 1.63. The predicted molar refractivity (Wildman–Crippen MR) is 112 cm³/mol. The van der Waals surface area contributed by atoms with Gasteiger partial charge in [0.25, 0.3) is 5.56 Å². The summed E-state index contributed by atoms with van der Waals surface area (Å²) < 4.78 is 2.22. The van der Waals surface area contributed by atoms with Gasteiger partial charge in [-0.15, -0.1) is 0 Å². The minimum atomic E-state index is -0.557. The number of nitrogens with zero attached hydrogens (tertiary/aromatic N) is 4. The number of carbonyl (C=O) groups excluding carboxylic acids is 2. The quantitative estimate of drug-likeness (QED) is 0.695.